The summed E-state index contributed by atoms with van der Waals surface area (Å²) in [6.45, 7) is 2.30. The summed E-state index contributed by atoms with van der Waals surface area (Å²) in [4.78, 5) is 43.6. The zero-order chi connectivity index (χ0) is 30.6. The smallest absolute Gasteiger partial charge is 0.347 e. The standard InChI is InChI=1S/C33H35F3N4O3/c1-2-6-22-11-13-24(14-12-22)31(42)40-20-19-39(32(43)37-26-17-15-25(16-18-26)33(34,35)36)21-29(40)30(41)38-28-10-5-8-23-7-3-4-9-27(23)28/h3-4,7,9,11-18,28-29H,2,5-6,8,10,19-21H2,1H3,(H,37,43)(H,38,41). The lowest BCUT2D eigenvalue weighted by atomic mass is 9.87. The van der Waals surface area contributed by atoms with Crippen LogP contribution in [0.4, 0.5) is 23.7 Å². The molecule has 2 N–H and O–H groups in total. The third-order valence-electron chi connectivity index (χ3n) is 8.12. The molecule has 1 aliphatic carbocycles. The van der Waals surface area contributed by atoms with Gasteiger partial charge in [-0.3, -0.25) is 9.59 Å². The number of halogens is 3. The van der Waals surface area contributed by atoms with Crippen molar-refractivity contribution < 1.29 is 27.6 Å². The second-order valence-corrected chi connectivity index (χ2v) is 11.1. The molecule has 2 unspecified atom stereocenters. The fourth-order valence-corrected chi connectivity index (χ4v) is 5.82. The molecule has 0 radical (unpaired) electrons. The van der Waals surface area contributed by atoms with Crippen molar-refractivity contribution >= 4 is 23.5 Å². The Morgan fingerprint density at radius 1 is 0.930 bits per heavy atom. The first kappa shape index (κ1) is 30.1. The maximum Gasteiger partial charge on any atom is 0.416 e. The Morgan fingerprint density at radius 2 is 1.65 bits per heavy atom. The number of amides is 4. The first-order valence-electron chi connectivity index (χ1n) is 14.7. The molecule has 1 saturated heterocycles. The molecule has 10 heteroatoms. The lowest BCUT2D eigenvalue weighted by molar-refractivity contribution is -0.137. The molecule has 2 aliphatic rings. The molecule has 7 nitrogen and oxygen atoms in total. The van der Waals surface area contributed by atoms with E-state index < -0.39 is 23.8 Å². The normalized spacial score (nSPS) is 18.5. The highest BCUT2D eigenvalue weighted by molar-refractivity contribution is 5.98. The number of anilines is 1. The first-order valence-corrected chi connectivity index (χ1v) is 14.7. The fourth-order valence-electron chi connectivity index (χ4n) is 5.82. The van der Waals surface area contributed by atoms with Crippen molar-refractivity contribution in [3.63, 3.8) is 0 Å². The summed E-state index contributed by atoms with van der Waals surface area (Å²) in [6.07, 6.45) is 0.0105. The molecule has 1 fully saturated rings. The number of piperazine rings is 1. The zero-order valence-corrected chi connectivity index (χ0v) is 24.0. The molecular weight excluding hydrogens is 557 g/mol. The quantitative estimate of drug-likeness (QED) is 0.357. The minimum atomic E-state index is -4.48. The SMILES string of the molecule is CCCc1ccc(C(=O)N2CCN(C(=O)Nc3ccc(C(F)(F)F)cc3)CC2C(=O)NC2CCCc3ccccc32)cc1. The first-order chi connectivity index (χ1) is 20.6. The predicted octanol–water partition coefficient (Wildman–Crippen LogP) is 6.21. The van der Waals surface area contributed by atoms with Gasteiger partial charge in [-0.2, -0.15) is 13.2 Å². The largest absolute Gasteiger partial charge is 0.416 e. The van der Waals surface area contributed by atoms with E-state index in [-0.39, 0.29) is 43.2 Å². The Morgan fingerprint density at radius 3 is 2.35 bits per heavy atom. The molecule has 0 bridgehead atoms. The van der Waals surface area contributed by atoms with E-state index in [9.17, 15) is 27.6 Å². The minimum absolute atomic E-state index is 0.0632. The van der Waals surface area contributed by atoms with E-state index in [1.807, 2.05) is 30.3 Å². The van der Waals surface area contributed by atoms with Crippen molar-refractivity contribution in [2.75, 3.05) is 25.0 Å². The number of benzene rings is 3. The third kappa shape index (κ3) is 7.01. The van der Waals surface area contributed by atoms with E-state index in [0.717, 1.165) is 55.4 Å². The van der Waals surface area contributed by atoms with Crippen molar-refractivity contribution in [1.29, 1.82) is 0 Å². The molecule has 3 aromatic rings. The van der Waals surface area contributed by atoms with Crippen molar-refractivity contribution in [3.05, 3.63) is 101 Å². The van der Waals surface area contributed by atoms with Gasteiger partial charge in [-0.15, -0.1) is 0 Å². The van der Waals surface area contributed by atoms with Crippen LogP contribution in [0.5, 0.6) is 0 Å². The Labute approximate surface area is 249 Å². The van der Waals surface area contributed by atoms with Crippen LogP contribution in [0.1, 0.15) is 64.8 Å². The van der Waals surface area contributed by atoms with Gasteiger partial charge >= 0.3 is 12.2 Å². The van der Waals surface area contributed by atoms with E-state index in [2.05, 4.69) is 23.6 Å². The Kier molecular flexibility index (Phi) is 9.03. The van der Waals surface area contributed by atoms with E-state index in [1.165, 1.54) is 27.5 Å². The molecule has 5 rings (SSSR count). The highest BCUT2D eigenvalue weighted by atomic mass is 19.4. The average molecular weight is 593 g/mol. The summed E-state index contributed by atoms with van der Waals surface area (Å²) in [7, 11) is 0. The average Bonchev–Trinajstić information content (AvgIpc) is 3.01. The van der Waals surface area contributed by atoms with Gasteiger partial charge in [-0.25, -0.2) is 4.79 Å². The highest BCUT2D eigenvalue weighted by Gasteiger charge is 2.39. The van der Waals surface area contributed by atoms with Gasteiger partial charge in [0.1, 0.15) is 6.04 Å². The number of rotatable bonds is 6. The molecular formula is C33H35F3N4O3. The van der Waals surface area contributed by atoms with Gasteiger partial charge in [0.15, 0.2) is 0 Å². The van der Waals surface area contributed by atoms with Crippen LogP contribution in [0.3, 0.4) is 0 Å². The van der Waals surface area contributed by atoms with Crippen LogP contribution < -0.4 is 10.6 Å². The summed E-state index contributed by atoms with van der Waals surface area (Å²) in [6, 6.07) is 17.8. The molecule has 1 aliphatic heterocycles. The second kappa shape index (κ2) is 12.9. The molecule has 4 amide bonds. The summed E-state index contributed by atoms with van der Waals surface area (Å²) in [5.74, 6) is -0.653. The molecule has 1 heterocycles. The summed E-state index contributed by atoms with van der Waals surface area (Å²) >= 11 is 0. The molecule has 0 spiro atoms. The number of aryl methyl sites for hydroxylation is 2. The van der Waals surface area contributed by atoms with Crippen molar-refractivity contribution in [1.82, 2.24) is 15.1 Å². The maximum atomic E-state index is 13.8. The van der Waals surface area contributed by atoms with Gasteiger partial charge in [0.05, 0.1) is 18.2 Å². The minimum Gasteiger partial charge on any atom is -0.347 e. The maximum absolute atomic E-state index is 13.8. The monoisotopic (exact) mass is 592 g/mol. The van der Waals surface area contributed by atoms with Crippen molar-refractivity contribution in [2.24, 2.45) is 0 Å². The van der Waals surface area contributed by atoms with Gasteiger partial charge in [0.25, 0.3) is 5.91 Å². The number of fused-ring (bicyclic) bond motifs is 1. The Bertz CT molecular complexity index is 1460. The number of hydrogen-bond donors (Lipinski definition) is 2. The fraction of sp³-hybridized carbons (Fsp3) is 0.364. The summed E-state index contributed by atoms with van der Waals surface area (Å²) in [5.41, 5.74) is 3.20. The predicted molar refractivity (Wildman–Crippen MR) is 158 cm³/mol. The summed E-state index contributed by atoms with van der Waals surface area (Å²) in [5, 5.41) is 5.76. The van der Waals surface area contributed by atoms with Gasteiger partial charge in [0, 0.05) is 24.3 Å². The summed E-state index contributed by atoms with van der Waals surface area (Å²) < 4.78 is 38.9. The number of carbonyl (C=O) groups excluding carboxylic acids is 3. The van der Waals surface area contributed by atoms with Crippen LogP contribution in [0, 0.1) is 0 Å². The molecule has 43 heavy (non-hydrogen) atoms. The number of nitrogens with one attached hydrogen (secondary N) is 2. The van der Waals surface area contributed by atoms with E-state index in [0.29, 0.717) is 5.56 Å². The van der Waals surface area contributed by atoms with E-state index >= 15 is 0 Å². The third-order valence-corrected chi connectivity index (χ3v) is 8.12. The van der Waals surface area contributed by atoms with Gasteiger partial charge in [0.2, 0.25) is 5.91 Å². The van der Waals surface area contributed by atoms with Gasteiger partial charge < -0.3 is 20.4 Å². The van der Waals surface area contributed by atoms with Gasteiger partial charge in [-0.1, -0.05) is 49.7 Å². The molecule has 0 aromatic heterocycles. The van der Waals surface area contributed by atoms with Crippen LogP contribution in [0.2, 0.25) is 0 Å². The van der Waals surface area contributed by atoms with E-state index in [4.69, 9.17) is 0 Å². The van der Waals surface area contributed by atoms with Crippen molar-refractivity contribution in [2.45, 2.75) is 57.3 Å². The molecule has 0 saturated carbocycles. The van der Waals surface area contributed by atoms with Crippen LogP contribution in [0.25, 0.3) is 0 Å². The Balaban J connectivity index is 1.35. The van der Waals surface area contributed by atoms with Crippen LogP contribution in [-0.4, -0.2) is 53.3 Å². The number of urea groups is 1. The zero-order valence-electron chi connectivity index (χ0n) is 24.0. The number of nitrogens with zero attached hydrogens (tertiary/aromatic N) is 2. The second-order valence-electron chi connectivity index (χ2n) is 11.1. The van der Waals surface area contributed by atoms with Crippen LogP contribution in [0.15, 0.2) is 72.8 Å². The molecule has 3 aromatic carbocycles. The van der Waals surface area contributed by atoms with E-state index in [1.54, 1.807) is 12.1 Å². The lowest BCUT2D eigenvalue weighted by Crippen LogP contribution is -2.62. The molecule has 2 atom stereocenters. The van der Waals surface area contributed by atoms with Crippen LogP contribution >= 0.6 is 0 Å². The van der Waals surface area contributed by atoms with Gasteiger partial charge in [-0.05, 0) is 78.8 Å². The van der Waals surface area contributed by atoms with Crippen molar-refractivity contribution in [3.8, 4) is 0 Å². The number of carbonyl (C=O) groups is 3. The Hall–Kier alpha value is -4.34. The highest BCUT2D eigenvalue weighted by Crippen LogP contribution is 2.31. The number of alkyl halides is 3. The lowest BCUT2D eigenvalue weighted by Gasteiger charge is -2.41. The number of hydrogen-bond acceptors (Lipinski definition) is 3. The van der Waals surface area contributed by atoms with Crippen LogP contribution in [-0.2, 0) is 23.8 Å². The molecule has 226 valence electrons. The topological polar surface area (TPSA) is 81.8 Å².